The summed E-state index contributed by atoms with van der Waals surface area (Å²) in [5.41, 5.74) is -1.58. The number of halogens is 1. The number of hydrogen-bond acceptors (Lipinski definition) is 4. The van der Waals surface area contributed by atoms with Gasteiger partial charge in [0.1, 0.15) is 0 Å². The van der Waals surface area contributed by atoms with Gasteiger partial charge in [-0.3, -0.25) is 14.3 Å². The number of ether oxygens (including phenoxy) is 1. The highest BCUT2D eigenvalue weighted by Gasteiger charge is 2.02. The second-order valence-electron chi connectivity index (χ2n) is 3.73. The maximum absolute atomic E-state index is 12.9. The number of aromatic nitrogens is 2. The zero-order valence-electron chi connectivity index (χ0n) is 10.4. The van der Waals surface area contributed by atoms with E-state index in [2.05, 4.69) is 5.32 Å². The summed E-state index contributed by atoms with van der Waals surface area (Å²) < 4.78 is 19.2. The Labute approximate surface area is 104 Å². The molecule has 0 atom stereocenters. The molecule has 0 aromatic carbocycles. The van der Waals surface area contributed by atoms with Gasteiger partial charge in [0.15, 0.2) is 0 Å². The van der Waals surface area contributed by atoms with E-state index in [1.165, 1.54) is 0 Å². The molecule has 0 bridgehead atoms. The van der Waals surface area contributed by atoms with E-state index in [9.17, 15) is 14.0 Å². The highest BCUT2D eigenvalue weighted by atomic mass is 19.1. The maximum Gasteiger partial charge on any atom is 0.328 e. The Kier molecular flexibility index (Phi) is 6.31. The minimum absolute atomic E-state index is 0.307. The van der Waals surface area contributed by atoms with E-state index in [0.29, 0.717) is 26.3 Å². The summed E-state index contributed by atoms with van der Waals surface area (Å²) in [6.07, 6.45) is 1.80. The summed E-state index contributed by atoms with van der Waals surface area (Å²) in [6.45, 7) is 4.92. The Morgan fingerprint density at radius 2 is 2.22 bits per heavy atom. The zero-order chi connectivity index (χ0) is 13.4. The van der Waals surface area contributed by atoms with Crippen molar-refractivity contribution in [1.29, 1.82) is 0 Å². The SMILES string of the molecule is CCOCCCNCCn1cc(F)c(=O)[nH]c1=O. The smallest absolute Gasteiger partial charge is 0.328 e. The van der Waals surface area contributed by atoms with Gasteiger partial charge in [0, 0.05) is 26.3 Å². The standard InChI is InChI=1S/C11H18FN3O3/c1-2-18-7-3-4-13-5-6-15-8-9(12)10(16)14-11(15)17/h8,13H,2-7H2,1H3,(H,14,16,17). The van der Waals surface area contributed by atoms with Crippen molar-refractivity contribution in [1.82, 2.24) is 14.9 Å². The summed E-state index contributed by atoms with van der Waals surface area (Å²) in [4.78, 5) is 24.0. The molecule has 0 aliphatic carbocycles. The molecule has 2 N–H and O–H groups in total. The summed E-state index contributed by atoms with van der Waals surface area (Å²) in [6, 6.07) is 0. The monoisotopic (exact) mass is 259 g/mol. The van der Waals surface area contributed by atoms with Crippen molar-refractivity contribution in [2.24, 2.45) is 0 Å². The molecule has 102 valence electrons. The van der Waals surface area contributed by atoms with E-state index in [0.717, 1.165) is 23.7 Å². The van der Waals surface area contributed by atoms with Crippen LogP contribution in [0.5, 0.6) is 0 Å². The molecule has 0 unspecified atom stereocenters. The van der Waals surface area contributed by atoms with Crippen LogP contribution in [0.25, 0.3) is 0 Å². The largest absolute Gasteiger partial charge is 0.382 e. The van der Waals surface area contributed by atoms with E-state index in [1.54, 1.807) is 0 Å². The van der Waals surface area contributed by atoms with Gasteiger partial charge >= 0.3 is 5.69 Å². The van der Waals surface area contributed by atoms with Gasteiger partial charge < -0.3 is 10.1 Å². The van der Waals surface area contributed by atoms with Gasteiger partial charge in [0.05, 0.1) is 6.20 Å². The van der Waals surface area contributed by atoms with Crippen molar-refractivity contribution in [3.63, 3.8) is 0 Å². The Morgan fingerprint density at radius 3 is 2.94 bits per heavy atom. The van der Waals surface area contributed by atoms with Gasteiger partial charge in [0.2, 0.25) is 5.82 Å². The lowest BCUT2D eigenvalue weighted by molar-refractivity contribution is 0.145. The van der Waals surface area contributed by atoms with Crippen LogP contribution >= 0.6 is 0 Å². The predicted octanol–water partition coefficient (Wildman–Crippen LogP) is -0.308. The summed E-state index contributed by atoms with van der Waals surface area (Å²) in [5.74, 6) is -0.953. The van der Waals surface area contributed by atoms with Crippen molar-refractivity contribution < 1.29 is 9.13 Å². The number of nitrogens with one attached hydrogen (secondary N) is 2. The van der Waals surface area contributed by atoms with Gasteiger partial charge in [-0.25, -0.2) is 4.79 Å². The van der Waals surface area contributed by atoms with Gasteiger partial charge in [0.25, 0.3) is 5.56 Å². The molecule has 1 aromatic rings. The maximum atomic E-state index is 12.9. The van der Waals surface area contributed by atoms with Crippen molar-refractivity contribution in [3.05, 3.63) is 32.9 Å². The second-order valence-corrected chi connectivity index (χ2v) is 3.73. The van der Waals surface area contributed by atoms with E-state index < -0.39 is 17.1 Å². The number of hydrogen-bond donors (Lipinski definition) is 2. The fourth-order valence-electron chi connectivity index (χ4n) is 1.42. The molecule has 6 nitrogen and oxygen atoms in total. The number of rotatable bonds is 8. The molecular formula is C11H18FN3O3. The Balaban J connectivity index is 2.30. The lowest BCUT2D eigenvalue weighted by Crippen LogP contribution is -2.34. The summed E-state index contributed by atoms with van der Waals surface area (Å²) in [5, 5.41) is 3.10. The third kappa shape index (κ3) is 4.80. The first-order chi connectivity index (χ1) is 8.65. The van der Waals surface area contributed by atoms with E-state index >= 15 is 0 Å². The van der Waals surface area contributed by atoms with Crippen LogP contribution in [0.1, 0.15) is 13.3 Å². The highest BCUT2D eigenvalue weighted by molar-refractivity contribution is 4.87. The van der Waals surface area contributed by atoms with Crippen LogP contribution in [0.15, 0.2) is 15.8 Å². The first-order valence-electron chi connectivity index (χ1n) is 5.93. The normalized spacial score (nSPS) is 10.8. The van der Waals surface area contributed by atoms with Crippen LogP contribution < -0.4 is 16.6 Å². The van der Waals surface area contributed by atoms with Crippen molar-refractivity contribution >= 4 is 0 Å². The Morgan fingerprint density at radius 1 is 1.44 bits per heavy atom. The molecule has 1 aromatic heterocycles. The van der Waals surface area contributed by atoms with Gasteiger partial charge in [-0.2, -0.15) is 4.39 Å². The topological polar surface area (TPSA) is 76.1 Å². The van der Waals surface area contributed by atoms with Crippen molar-refractivity contribution in [2.45, 2.75) is 19.9 Å². The average molecular weight is 259 g/mol. The zero-order valence-corrected chi connectivity index (χ0v) is 10.4. The molecule has 0 fully saturated rings. The minimum atomic E-state index is -0.985. The van der Waals surface area contributed by atoms with E-state index in [-0.39, 0.29) is 0 Å². The first kappa shape index (κ1) is 14.6. The molecule has 1 heterocycles. The molecule has 7 heteroatoms. The molecule has 0 radical (unpaired) electrons. The Bertz CT molecular complexity index is 469. The molecule has 0 aliphatic rings. The molecular weight excluding hydrogens is 241 g/mol. The molecule has 0 aliphatic heterocycles. The van der Waals surface area contributed by atoms with Gasteiger partial charge in [-0.05, 0) is 19.9 Å². The quantitative estimate of drug-likeness (QED) is 0.628. The lowest BCUT2D eigenvalue weighted by atomic mass is 10.4. The van der Waals surface area contributed by atoms with Crippen LogP contribution in [-0.4, -0.2) is 35.9 Å². The molecule has 0 amide bonds. The highest BCUT2D eigenvalue weighted by Crippen LogP contribution is 1.84. The minimum Gasteiger partial charge on any atom is -0.382 e. The fourth-order valence-corrected chi connectivity index (χ4v) is 1.42. The third-order valence-electron chi connectivity index (χ3n) is 2.34. The van der Waals surface area contributed by atoms with Gasteiger partial charge in [-0.15, -0.1) is 0 Å². The average Bonchev–Trinajstić information content (AvgIpc) is 2.34. The molecule has 0 saturated carbocycles. The Hall–Kier alpha value is -1.47. The molecule has 1 rings (SSSR count). The number of H-pyrrole nitrogens is 1. The van der Waals surface area contributed by atoms with Crippen LogP contribution in [0, 0.1) is 5.82 Å². The van der Waals surface area contributed by atoms with E-state index in [4.69, 9.17) is 4.74 Å². The predicted molar refractivity (Wildman–Crippen MR) is 65.3 cm³/mol. The van der Waals surface area contributed by atoms with Crippen LogP contribution in [-0.2, 0) is 11.3 Å². The summed E-state index contributed by atoms with van der Waals surface area (Å²) in [7, 11) is 0. The van der Waals surface area contributed by atoms with Crippen LogP contribution in [0.3, 0.4) is 0 Å². The number of nitrogens with zero attached hydrogens (tertiary/aromatic N) is 1. The molecule has 0 saturated heterocycles. The van der Waals surface area contributed by atoms with Crippen molar-refractivity contribution in [2.75, 3.05) is 26.3 Å². The molecule has 18 heavy (non-hydrogen) atoms. The second kappa shape index (κ2) is 7.78. The third-order valence-corrected chi connectivity index (χ3v) is 2.34. The van der Waals surface area contributed by atoms with Gasteiger partial charge in [-0.1, -0.05) is 0 Å². The van der Waals surface area contributed by atoms with E-state index in [1.807, 2.05) is 11.9 Å². The fraction of sp³-hybridized carbons (Fsp3) is 0.636. The lowest BCUT2D eigenvalue weighted by Gasteiger charge is -2.06. The number of aromatic amines is 1. The van der Waals surface area contributed by atoms with Crippen molar-refractivity contribution in [3.8, 4) is 0 Å². The molecule has 0 spiro atoms. The van der Waals surface area contributed by atoms with Crippen LogP contribution in [0.4, 0.5) is 4.39 Å². The van der Waals surface area contributed by atoms with Crippen LogP contribution in [0.2, 0.25) is 0 Å². The first-order valence-corrected chi connectivity index (χ1v) is 5.93. The summed E-state index contributed by atoms with van der Waals surface area (Å²) >= 11 is 0.